The summed E-state index contributed by atoms with van der Waals surface area (Å²) in [4.78, 5) is 14.9. The first kappa shape index (κ1) is 30.1. The molecule has 0 radical (unpaired) electrons. The Morgan fingerprint density at radius 2 is 1.22 bits per heavy atom. The summed E-state index contributed by atoms with van der Waals surface area (Å²) in [6.45, 7) is 0. The summed E-state index contributed by atoms with van der Waals surface area (Å²) in [5, 5.41) is 18.4. The van der Waals surface area contributed by atoms with Crippen molar-refractivity contribution in [2.45, 2.75) is 6.36 Å². The van der Waals surface area contributed by atoms with E-state index in [1.54, 1.807) is 31.4 Å². The molecular weight excluding hydrogens is 558 g/mol. The van der Waals surface area contributed by atoms with Gasteiger partial charge in [0.1, 0.15) is 39.6 Å². The molecule has 8 nitrogen and oxygen atoms in total. The largest absolute Gasteiger partial charge is 0.573 e. The third kappa shape index (κ3) is 11.6. The first-order chi connectivity index (χ1) is 17.5. The minimum absolute atomic E-state index is 0.260. The number of hydrogen-bond donors (Lipinski definition) is 2. The summed E-state index contributed by atoms with van der Waals surface area (Å²) >= 11 is 16.5. The predicted molar refractivity (Wildman–Crippen MR) is 134 cm³/mol. The van der Waals surface area contributed by atoms with Crippen LogP contribution in [0.15, 0.2) is 73.3 Å². The Hall–Kier alpha value is -3.16. The normalized spacial score (nSPS) is 10.3. The molecule has 2 heterocycles. The maximum absolute atomic E-state index is 12.0. The molecule has 0 atom stereocenters. The first-order valence-electron chi connectivity index (χ1n) is 9.93. The Balaban J connectivity index is 0.000000215. The van der Waals surface area contributed by atoms with Gasteiger partial charge in [0.05, 0.1) is 12.8 Å². The van der Waals surface area contributed by atoms with Crippen LogP contribution in [0.3, 0.4) is 0 Å². The van der Waals surface area contributed by atoms with E-state index in [4.69, 9.17) is 49.6 Å². The van der Waals surface area contributed by atoms with E-state index in [9.17, 15) is 13.2 Å². The number of benzene rings is 2. The summed E-state index contributed by atoms with van der Waals surface area (Å²) in [7, 11) is 0.158. The Bertz CT molecular complexity index is 1240. The van der Waals surface area contributed by atoms with E-state index in [-0.39, 0.29) is 10.9 Å². The highest BCUT2D eigenvalue weighted by molar-refractivity contribution is 6.58. The lowest BCUT2D eigenvalue weighted by atomic mass is 9.80. The van der Waals surface area contributed by atoms with Gasteiger partial charge in [-0.25, -0.2) is 19.9 Å². The van der Waals surface area contributed by atoms with Gasteiger partial charge in [-0.1, -0.05) is 46.9 Å². The van der Waals surface area contributed by atoms with Crippen LogP contribution in [0.4, 0.5) is 13.2 Å². The SMILES string of the molecule is COc1ccc(B(O)O)cc1.Clc1cc(Cl)ncn1.FC(F)(F)Oc1ccc(-c2cc(Cl)ncn2)cc1. The van der Waals surface area contributed by atoms with Crippen LogP contribution in [0.5, 0.6) is 11.5 Å². The van der Waals surface area contributed by atoms with Gasteiger partial charge in [-0.3, -0.25) is 0 Å². The molecule has 0 aliphatic rings. The van der Waals surface area contributed by atoms with Crippen LogP contribution in [0.25, 0.3) is 11.3 Å². The minimum Gasteiger partial charge on any atom is -0.497 e. The zero-order valence-electron chi connectivity index (χ0n) is 18.8. The molecule has 0 bridgehead atoms. The average Bonchev–Trinajstić information content (AvgIpc) is 2.84. The van der Waals surface area contributed by atoms with Crippen LogP contribution in [0.2, 0.25) is 15.5 Å². The minimum atomic E-state index is -4.69. The second-order valence-corrected chi connectivity index (χ2v) is 7.77. The zero-order chi connectivity index (χ0) is 27.4. The monoisotopic (exact) mass is 574 g/mol. The molecule has 0 aliphatic carbocycles. The van der Waals surface area contributed by atoms with E-state index < -0.39 is 13.5 Å². The second kappa shape index (κ2) is 14.6. The number of methoxy groups -OCH3 is 1. The van der Waals surface area contributed by atoms with Gasteiger partial charge >= 0.3 is 13.5 Å². The number of aromatic nitrogens is 4. The summed E-state index contributed by atoms with van der Waals surface area (Å²) in [6, 6.07) is 14.9. The lowest BCUT2D eigenvalue weighted by molar-refractivity contribution is -0.274. The van der Waals surface area contributed by atoms with Crippen LogP contribution < -0.4 is 14.9 Å². The summed E-state index contributed by atoms with van der Waals surface area (Å²) in [5.74, 6) is 0.417. The number of nitrogens with zero attached hydrogens (tertiary/aromatic N) is 4. The number of hydrogen-bond acceptors (Lipinski definition) is 8. The van der Waals surface area contributed by atoms with Crippen molar-refractivity contribution in [3.8, 4) is 22.8 Å². The van der Waals surface area contributed by atoms with E-state index in [2.05, 4.69) is 24.7 Å². The van der Waals surface area contributed by atoms with E-state index in [0.29, 0.717) is 32.8 Å². The molecule has 4 rings (SSSR count). The molecule has 2 aromatic heterocycles. The van der Waals surface area contributed by atoms with Gasteiger partial charge in [-0.15, -0.1) is 13.2 Å². The van der Waals surface area contributed by atoms with Gasteiger partial charge in [-0.2, -0.15) is 0 Å². The van der Waals surface area contributed by atoms with E-state index in [1.165, 1.54) is 49.1 Å². The summed E-state index contributed by atoms with van der Waals surface area (Å²) in [6.07, 6.45) is -2.11. The number of halogens is 6. The van der Waals surface area contributed by atoms with Crippen molar-refractivity contribution in [2.24, 2.45) is 0 Å². The van der Waals surface area contributed by atoms with Crippen molar-refractivity contribution in [2.75, 3.05) is 7.11 Å². The molecular formula is C22H17BCl3F3N4O4. The second-order valence-electron chi connectivity index (χ2n) is 6.61. The Morgan fingerprint density at radius 1 is 0.730 bits per heavy atom. The van der Waals surface area contributed by atoms with E-state index in [1.807, 2.05) is 0 Å². The van der Waals surface area contributed by atoms with Crippen LogP contribution in [0.1, 0.15) is 0 Å². The molecule has 0 saturated heterocycles. The van der Waals surface area contributed by atoms with Crippen molar-refractivity contribution in [3.05, 3.63) is 88.8 Å². The standard InChI is InChI=1S/C11H6ClF3N2O.C7H9BO3.C4H2Cl2N2/c12-10-5-9(16-6-17-10)7-1-3-8(4-2-7)18-11(13,14)15;1-11-7-4-2-6(3-5-7)8(9)10;5-3-1-4(6)8-2-7-3/h1-6H;2-5,9-10H,1H3;1-2H. The molecule has 0 fully saturated rings. The van der Waals surface area contributed by atoms with Gasteiger partial charge in [0.2, 0.25) is 0 Å². The molecule has 15 heteroatoms. The molecule has 0 saturated carbocycles. The molecule has 0 amide bonds. The Morgan fingerprint density at radius 3 is 1.62 bits per heavy atom. The lowest BCUT2D eigenvalue weighted by Crippen LogP contribution is -2.29. The first-order valence-corrected chi connectivity index (χ1v) is 11.1. The number of rotatable bonds is 4. The molecule has 194 valence electrons. The highest BCUT2D eigenvalue weighted by Crippen LogP contribution is 2.26. The number of alkyl halides is 3. The quantitative estimate of drug-likeness (QED) is 0.263. The fraction of sp³-hybridized carbons (Fsp3) is 0.0909. The van der Waals surface area contributed by atoms with E-state index >= 15 is 0 Å². The third-order valence-electron chi connectivity index (χ3n) is 4.03. The average molecular weight is 576 g/mol. The van der Waals surface area contributed by atoms with Crippen LogP contribution in [-0.4, -0.2) is 50.6 Å². The fourth-order valence-electron chi connectivity index (χ4n) is 2.41. The topological polar surface area (TPSA) is 110 Å². The van der Waals surface area contributed by atoms with Gasteiger partial charge in [0.15, 0.2) is 0 Å². The zero-order valence-corrected chi connectivity index (χ0v) is 21.0. The lowest BCUT2D eigenvalue weighted by Gasteiger charge is -2.09. The van der Waals surface area contributed by atoms with Crippen molar-refractivity contribution in [1.29, 1.82) is 0 Å². The van der Waals surface area contributed by atoms with Crippen molar-refractivity contribution < 1.29 is 32.7 Å². The molecule has 4 aromatic rings. The smallest absolute Gasteiger partial charge is 0.497 e. The van der Waals surface area contributed by atoms with Gasteiger partial charge in [0, 0.05) is 17.7 Å². The maximum atomic E-state index is 12.0. The third-order valence-corrected chi connectivity index (χ3v) is 4.65. The molecule has 0 aliphatic heterocycles. The maximum Gasteiger partial charge on any atom is 0.573 e. The fourth-order valence-corrected chi connectivity index (χ4v) is 2.90. The van der Waals surface area contributed by atoms with Crippen LogP contribution in [-0.2, 0) is 0 Å². The van der Waals surface area contributed by atoms with Crippen molar-refractivity contribution in [1.82, 2.24) is 19.9 Å². The Kier molecular flexibility index (Phi) is 11.8. The molecule has 0 spiro atoms. The molecule has 2 N–H and O–H groups in total. The van der Waals surface area contributed by atoms with Gasteiger partial charge < -0.3 is 19.5 Å². The highest BCUT2D eigenvalue weighted by atomic mass is 35.5. The Labute approximate surface area is 224 Å². The van der Waals surface area contributed by atoms with Crippen LogP contribution in [0, 0.1) is 0 Å². The van der Waals surface area contributed by atoms with Gasteiger partial charge in [-0.05, 0) is 41.9 Å². The predicted octanol–water partition coefficient (Wildman–Crippen LogP) is 4.85. The van der Waals surface area contributed by atoms with E-state index in [0.717, 1.165) is 0 Å². The molecule has 0 unspecified atom stereocenters. The highest BCUT2D eigenvalue weighted by Gasteiger charge is 2.30. The molecule has 37 heavy (non-hydrogen) atoms. The van der Waals surface area contributed by atoms with Crippen LogP contribution >= 0.6 is 34.8 Å². The summed E-state index contributed by atoms with van der Waals surface area (Å²) < 4.78 is 44.5. The van der Waals surface area contributed by atoms with Crippen molar-refractivity contribution in [3.63, 3.8) is 0 Å². The molecule has 2 aromatic carbocycles. The summed E-state index contributed by atoms with van der Waals surface area (Å²) in [5.41, 5.74) is 1.60. The van der Waals surface area contributed by atoms with Gasteiger partial charge in [0.25, 0.3) is 0 Å². The number of ether oxygens (including phenoxy) is 2. The van der Waals surface area contributed by atoms with Crippen molar-refractivity contribution >= 4 is 47.4 Å².